The van der Waals surface area contributed by atoms with Crippen molar-refractivity contribution < 1.29 is 59.9 Å². The number of hydrogen-bond donors (Lipinski definition) is 11. The van der Waals surface area contributed by atoms with Crippen molar-refractivity contribution in [2.24, 2.45) is 0 Å². The molecule has 3 aromatic rings. The smallest absolute Gasteiger partial charge is 0.330 e. The predicted molar refractivity (Wildman–Crippen MR) is 153 cm³/mol. The fourth-order valence-electron chi connectivity index (χ4n) is 4.80. The lowest BCUT2D eigenvalue weighted by Crippen LogP contribution is -2.49. The van der Waals surface area contributed by atoms with Crippen LogP contribution in [-0.2, 0) is 14.3 Å². The molecule has 2 fully saturated rings. The number of rotatable bonds is 8. The number of nitrogens with one attached hydrogen (secondary N) is 3. The number of aliphatic hydroxyl groups is 7. The lowest BCUT2D eigenvalue weighted by atomic mass is 10.1. The summed E-state index contributed by atoms with van der Waals surface area (Å²) in [5.74, 6) is -1.48. The number of fused-ring (bicyclic) bond motifs is 1. The average Bonchev–Trinajstić information content (AvgIpc) is 3.67. The van der Waals surface area contributed by atoms with Crippen molar-refractivity contribution >= 4 is 29.0 Å². The first kappa shape index (κ1) is 35.5. The summed E-state index contributed by atoms with van der Waals surface area (Å²) < 4.78 is 12.9. The number of H-pyrrole nitrogens is 1. The van der Waals surface area contributed by atoms with Crippen LogP contribution in [0.5, 0.6) is 0 Å². The first-order valence-corrected chi connectivity index (χ1v) is 13.9. The van der Waals surface area contributed by atoms with Gasteiger partial charge in [-0.1, -0.05) is 0 Å². The van der Waals surface area contributed by atoms with Gasteiger partial charge in [0.2, 0.25) is 0 Å². The Balaban J connectivity index is 0.000000238. The summed E-state index contributed by atoms with van der Waals surface area (Å²) in [6.07, 6.45) is -7.27. The van der Waals surface area contributed by atoms with Crippen molar-refractivity contribution in [3.63, 3.8) is 0 Å². The molecule has 2 unspecified atom stereocenters. The third-order valence-electron chi connectivity index (χ3n) is 7.35. The molecule has 5 heterocycles. The maximum Gasteiger partial charge on any atom is 0.330 e. The normalized spacial score (nSPS) is 28.4. The maximum absolute atomic E-state index is 12.1. The molecule has 5 rings (SSSR count). The van der Waals surface area contributed by atoms with Gasteiger partial charge in [-0.15, -0.1) is 0 Å². The lowest BCUT2D eigenvalue weighted by Gasteiger charge is -2.17. The first-order chi connectivity index (χ1) is 22.2. The Kier molecular flexibility index (Phi) is 11.0. The van der Waals surface area contributed by atoms with Gasteiger partial charge in [0.05, 0.1) is 25.6 Å². The number of hydrogen-bond acceptors (Lipinski definition) is 16. The second-order valence-electron chi connectivity index (χ2n) is 10.6. The largest absolute Gasteiger partial charge is 0.480 e. The van der Waals surface area contributed by atoms with E-state index >= 15 is 0 Å². The van der Waals surface area contributed by atoms with Gasteiger partial charge in [-0.05, 0) is 13.8 Å². The van der Waals surface area contributed by atoms with E-state index in [1.165, 1.54) is 30.9 Å². The van der Waals surface area contributed by atoms with E-state index in [0.29, 0.717) is 0 Å². The average molecular weight is 671 g/mol. The molecule has 22 heteroatoms. The molecule has 22 nitrogen and oxygen atoms in total. The molecular formula is C25H34N8O14. The number of ether oxygens (including phenoxy) is 2. The van der Waals surface area contributed by atoms with Gasteiger partial charge >= 0.3 is 17.7 Å². The lowest BCUT2D eigenvalue weighted by molar-refractivity contribution is -0.141. The monoisotopic (exact) mass is 670 g/mol. The molecule has 0 bridgehead atoms. The zero-order valence-corrected chi connectivity index (χ0v) is 24.7. The summed E-state index contributed by atoms with van der Waals surface area (Å²) >= 11 is 0. The van der Waals surface area contributed by atoms with E-state index in [2.05, 4.69) is 30.6 Å². The standard InChI is InChI=1S/C15H20N6O8.C10H14N2O6/c1-5(23)7(14(26)27)19-15(28)20-11-8-12(17-3-16-11)21(4-18-8)13-10(25)9(24)6(2-22)29-13;1-4-2-12(10(17)11-8(4)16)9-7(15)6(14)5(3-13)18-9/h3-7,9-10,13,22-25H,2H2,1H3,(H,26,27)(H2,16,17,19,20,28);2,5-7,9,13-15H,3H2,1H3,(H,11,16,17)/t5?,6-,7?,9-,10-,13-;5-,6-,7-,9-/m11/s1. The number of aliphatic carboxylic acids is 1. The van der Waals surface area contributed by atoms with Crippen LogP contribution in [0, 0.1) is 6.92 Å². The molecule has 2 saturated heterocycles. The van der Waals surface area contributed by atoms with Gasteiger partial charge in [0, 0.05) is 11.8 Å². The number of aliphatic hydroxyl groups excluding tert-OH is 7. The van der Waals surface area contributed by atoms with E-state index in [4.69, 9.17) is 19.7 Å². The maximum atomic E-state index is 12.1. The van der Waals surface area contributed by atoms with Gasteiger partial charge in [0.15, 0.2) is 35.5 Å². The number of carboxylic acid groups (broad SMARTS) is 1. The summed E-state index contributed by atoms with van der Waals surface area (Å²) in [6, 6.07) is -2.48. The van der Waals surface area contributed by atoms with Crippen LogP contribution in [0.25, 0.3) is 11.2 Å². The van der Waals surface area contributed by atoms with Gasteiger partial charge in [-0.2, -0.15) is 0 Å². The molecule has 2 aliphatic heterocycles. The Labute approximate surface area is 262 Å². The molecule has 47 heavy (non-hydrogen) atoms. The number of aromatic nitrogens is 6. The summed E-state index contributed by atoms with van der Waals surface area (Å²) in [5, 5.41) is 80.5. The third kappa shape index (κ3) is 7.29. The molecule has 3 aromatic heterocycles. The van der Waals surface area contributed by atoms with E-state index < -0.39 is 97.7 Å². The predicted octanol–water partition coefficient (Wildman–Crippen LogP) is -5.15. The van der Waals surface area contributed by atoms with E-state index in [1.807, 2.05) is 0 Å². The number of amides is 2. The molecule has 2 amide bonds. The number of anilines is 1. The minimum atomic E-state index is -1.54. The second kappa shape index (κ2) is 14.6. The summed E-state index contributed by atoms with van der Waals surface area (Å²) in [7, 11) is 0. The topological polar surface area (TPSA) is 337 Å². The molecular weight excluding hydrogens is 636 g/mol. The second-order valence-corrected chi connectivity index (χ2v) is 10.6. The minimum absolute atomic E-state index is 0.0623. The third-order valence-corrected chi connectivity index (χ3v) is 7.35. The fraction of sp³-hybridized carbons (Fsp3) is 0.560. The van der Waals surface area contributed by atoms with Crippen LogP contribution in [-0.4, -0.2) is 144 Å². The highest BCUT2D eigenvalue weighted by Crippen LogP contribution is 2.32. The molecule has 11 N–H and O–H groups in total. The van der Waals surface area contributed by atoms with Gasteiger partial charge < -0.3 is 55.6 Å². The number of urea groups is 1. The molecule has 0 aromatic carbocycles. The number of aromatic amines is 1. The minimum Gasteiger partial charge on any atom is -0.480 e. The Morgan fingerprint density at radius 3 is 2.04 bits per heavy atom. The van der Waals surface area contributed by atoms with Crippen molar-refractivity contribution in [2.45, 2.75) is 75.1 Å². The van der Waals surface area contributed by atoms with Crippen LogP contribution < -0.4 is 21.9 Å². The summed E-state index contributed by atoms with van der Waals surface area (Å²) in [4.78, 5) is 60.0. The number of carboxylic acids is 1. The zero-order valence-electron chi connectivity index (χ0n) is 24.7. The number of imidazole rings is 1. The van der Waals surface area contributed by atoms with Crippen LogP contribution in [0.15, 0.2) is 28.4 Å². The number of carbonyl (C=O) groups is 2. The Morgan fingerprint density at radius 2 is 1.53 bits per heavy atom. The van der Waals surface area contributed by atoms with Gasteiger partial charge in [-0.3, -0.25) is 24.2 Å². The fourth-order valence-corrected chi connectivity index (χ4v) is 4.80. The highest BCUT2D eigenvalue weighted by Gasteiger charge is 2.45. The van der Waals surface area contributed by atoms with Crippen LogP contribution >= 0.6 is 0 Å². The quantitative estimate of drug-likeness (QED) is 0.107. The molecule has 0 radical (unpaired) electrons. The Morgan fingerprint density at radius 1 is 0.957 bits per heavy atom. The number of nitrogens with zero attached hydrogens (tertiary/aromatic N) is 5. The van der Waals surface area contributed by atoms with E-state index in [1.54, 1.807) is 0 Å². The molecule has 2 aliphatic rings. The van der Waals surface area contributed by atoms with Gasteiger partial charge in [-0.25, -0.2) is 29.3 Å². The van der Waals surface area contributed by atoms with Crippen molar-refractivity contribution in [1.82, 2.24) is 34.4 Å². The number of carbonyl (C=O) groups excluding carboxylic acids is 1. The number of aryl methyl sites for hydroxylation is 1. The Bertz CT molecular complexity index is 1690. The van der Waals surface area contributed by atoms with Crippen molar-refractivity contribution in [3.05, 3.63) is 45.3 Å². The van der Waals surface area contributed by atoms with Gasteiger partial charge in [0.1, 0.15) is 43.0 Å². The first-order valence-electron chi connectivity index (χ1n) is 13.9. The van der Waals surface area contributed by atoms with E-state index in [9.17, 15) is 49.8 Å². The van der Waals surface area contributed by atoms with Crippen molar-refractivity contribution in [1.29, 1.82) is 0 Å². The molecule has 0 aliphatic carbocycles. The van der Waals surface area contributed by atoms with E-state index in [0.717, 1.165) is 10.9 Å². The highest BCUT2D eigenvalue weighted by molar-refractivity contribution is 5.97. The molecule has 10 atom stereocenters. The highest BCUT2D eigenvalue weighted by atomic mass is 16.6. The van der Waals surface area contributed by atoms with Crippen LogP contribution in [0.4, 0.5) is 10.6 Å². The van der Waals surface area contributed by atoms with Crippen LogP contribution in [0.1, 0.15) is 24.9 Å². The van der Waals surface area contributed by atoms with Crippen molar-refractivity contribution in [3.8, 4) is 0 Å². The van der Waals surface area contributed by atoms with Crippen LogP contribution in [0.2, 0.25) is 0 Å². The molecule has 0 saturated carbocycles. The summed E-state index contributed by atoms with van der Waals surface area (Å²) in [5.41, 5.74) is -0.754. The van der Waals surface area contributed by atoms with E-state index in [-0.39, 0.29) is 22.5 Å². The Hall–Kier alpha value is -4.39. The summed E-state index contributed by atoms with van der Waals surface area (Å²) in [6.45, 7) is 1.73. The van der Waals surface area contributed by atoms with Crippen LogP contribution in [0.3, 0.4) is 0 Å². The zero-order chi connectivity index (χ0) is 34.7. The van der Waals surface area contributed by atoms with Crippen molar-refractivity contribution in [2.75, 3.05) is 18.5 Å². The molecule has 0 spiro atoms. The van der Waals surface area contributed by atoms with Gasteiger partial charge in [0.25, 0.3) is 5.56 Å². The SMILES string of the molecule is CC(O)C(NC(=O)Nc1ncnc2c1ncn2[C@@H]1O[C@H](CO)[C@@H](O)[C@H]1O)C(=O)O.Cc1cn([C@@H]2O[C@H](CO)[C@@H](O)[C@H]2O)c(=O)[nH]c1=O. The molecule has 258 valence electrons.